The molecule has 0 aliphatic carbocycles. The van der Waals surface area contributed by atoms with Gasteiger partial charge in [-0.3, -0.25) is 9.59 Å². The summed E-state index contributed by atoms with van der Waals surface area (Å²) in [7, 11) is 4.59. The predicted octanol–water partition coefficient (Wildman–Crippen LogP) is -0.940. The molecule has 18 heavy (non-hydrogen) atoms. The lowest BCUT2D eigenvalue weighted by Gasteiger charge is -2.24. The van der Waals surface area contributed by atoms with Crippen LogP contribution in [0.25, 0.3) is 0 Å². The number of rotatable bonds is 5. The number of nitrogens with zero attached hydrogens (tertiary/aromatic N) is 3. The Bertz CT molecular complexity index is 356. The lowest BCUT2D eigenvalue weighted by Crippen LogP contribution is -2.42. The third kappa shape index (κ3) is 3.78. The standard InChI is InChI=1S/C11H19N3O4/c1-13(6-8(15)7-18-3)11(17)9-4-5-10(16)14(2)12-9/h8,15H,4-7H2,1-3H3. The van der Waals surface area contributed by atoms with Crippen molar-refractivity contribution in [1.82, 2.24) is 9.91 Å². The number of ether oxygens (including phenoxy) is 1. The molecule has 0 bridgehead atoms. The first-order chi connectivity index (χ1) is 8.45. The van der Waals surface area contributed by atoms with Crippen molar-refractivity contribution in [2.24, 2.45) is 5.10 Å². The summed E-state index contributed by atoms with van der Waals surface area (Å²) in [6.07, 6.45) is -0.102. The van der Waals surface area contributed by atoms with Crippen molar-refractivity contribution >= 4 is 17.5 Å². The number of hydrogen-bond acceptors (Lipinski definition) is 5. The van der Waals surface area contributed by atoms with Crippen molar-refractivity contribution < 1.29 is 19.4 Å². The molecule has 1 aliphatic rings. The van der Waals surface area contributed by atoms with Crippen molar-refractivity contribution in [2.45, 2.75) is 18.9 Å². The summed E-state index contributed by atoms with van der Waals surface area (Å²) in [4.78, 5) is 24.6. The first kappa shape index (κ1) is 14.6. The van der Waals surface area contributed by atoms with Gasteiger partial charge in [0.15, 0.2) is 0 Å². The van der Waals surface area contributed by atoms with E-state index in [4.69, 9.17) is 4.74 Å². The van der Waals surface area contributed by atoms with Crippen LogP contribution in [-0.4, -0.2) is 73.0 Å². The van der Waals surface area contributed by atoms with Gasteiger partial charge in [0.25, 0.3) is 5.91 Å². The van der Waals surface area contributed by atoms with E-state index in [-0.39, 0.29) is 31.4 Å². The molecule has 0 aromatic carbocycles. The summed E-state index contributed by atoms with van der Waals surface area (Å²) in [5.74, 6) is -0.377. The number of hydrazone groups is 1. The van der Waals surface area contributed by atoms with E-state index in [1.54, 1.807) is 7.05 Å². The summed E-state index contributed by atoms with van der Waals surface area (Å²) >= 11 is 0. The highest BCUT2D eigenvalue weighted by Crippen LogP contribution is 2.09. The van der Waals surface area contributed by atoms with Crippen LogP contribution in [0.1, 0.15) is 12.8 Å². The van der Waals surface area contributed by atoms with Gasteiger partial charge >= 0.3 is 0 Å². The average Bonchev–Trinajstić information content (AvgIpc) is 2.32. The van der Waals surface area contributed by atoms with E-state index in [0.29, 0.717) is 12.1 Å². The Morgan fingerprint density at radius 3 is 2.83 bits per heavy atom. The molecular formula is C11H19N3O4. The van der Waals surface area contributed by atoms with E-state index in [2.05, 4.69) is 5.10 Å². The van der Waals surface area contributed by atoms with E-state index in [1.807, 2.05) is 0 Å². The number of aliphatic hydroxyl groups is 1. The number of methoxy groups -OCH3 is 1. The van der Waals surface area contributed by atoms with Crippen LogP contribution in [0.3, 0.4) is 0 Å². The van der Waals surface area contributed by atoms with E-state index < -0.39 is 6.10 Å². The Morgan fingerprint density at radius 2 is 2.28 bits per heavy atom. The fourth-order valence-electron chi connectivity index (χ4n) is 1.69. The van der Waals surface area contributed by atoms with Gasteiger partial charge in [0.1, 0.15) is 5.71 Å². The summed E-state index contributed by atoms with van der Waals surface area (Å²) < 4.78 is 4.79. The maximum absolute atomic E-state index is 12.0. The van der Waals surface area contributed by atoms with E-state index >= 15 is 0 Å². The zero-order valence-electron chi connectivity index (χ0n) is 10.9. The second-order valence-corrected chi connectivity index (χ2v) is 4.26. The maximum atomic E-state index is 12.0. The Kier molecular flexibility index (Phi) is 5.24. The minimum atomic E-state index is -0.729. The van der Waals surface area contributed by atoms with Gasteiger partial charge < -0.3 is 14.7 Å². The molecule has 1 rings (SSSR count). The molecule has 7 nitrogen and oxygen atoms in total. The van der Waals surface area contributed by atoms with Crippen LogP contribution in [0.2, 0.25) is 0 Å². The normalized spacial score (nSPS) is 17.4. The number of carbonyl (C=O) groups is 2. The quantitative estimate of drug-likeness (QED) is 0.689. The van der Waals surface area contributed by atoms with Gasteiger partial charge in [0.2, 0.25) is 5.91 Å². The van der Waals surface area contributed by atoms with E-state index in [1.165, 1.54) is 24.1 Å². The smallest absolute Gasteiger partial charge is 0.269 e. The van der Waals surface area contributed by atoms with Crippen LogP contribution < -0.4 is 0 Å². The van der Waals surface area contributed by atoms with E-state index in [9.17, 15) is 14.7 Å². The van der Waals surface area contributed by atoms with Crippen LogP contribution in [-0.2, 0) is 14.3 Å². The Morgan fingerprint density at radius 1 is 1.61 bits per heavy atom. The Labute approximate surface area is 106 Å². The first-order valence-corrected chi connectivity index (χ1v) is 5.72. The van der Waals surface area contributed by atoms with Gasteiger partial charge in [-0.1, -0.05) is 0 Å². The minimum Gasteiger partial charge on any atom is -0.389 e. The molecule has 0 spiro atoms. The van der Waals surface area contributed by atoms with Crippen LogP contribution >= 0.6 is 0 Å². The number of hydrogen-bond donors (Lipinski definition) is 1. The van der Waals surface area contributed by atoms with E-state index in [0.717, 1.165) is 0 Å². The second-order valence-electron chi connectivity index (χ2n) is 4.26. The third-order valence-corrected chi connectivity index (χ3v) is 2.64. The van der Waals surface area contributed by atoms with Gasteiger partial charge in [-0.2, -0.15) is 5.10 Å². The minimum absolute atomic E-state index is 0.103. The third-order valence-electron chi connectivity index (χ3n) is 2.64. The number of carbonyl (C=O) groups excluding carboxylic acids is 2. The lowest BCUT2D eigenvalue weighted by atomic mass is 10.1. The van der Waals surface area contributed by atoms with Crippen LogP contribution in [0.4, 0.5) is 0 Å². The number of amides is 2. The molecule has 0 aromatic heterocycles. The zero-order valence-corrected chi connectivity index (χ0v) is 10.9. The number of likely N-dealkylation sites (N-methyl/N-ethyl adjacent to an activating group) is 1. The van der Waals surface area contributed by atoms with Crippen molar-refractivity contribution in [3.63, 3.8) is 0 Å². The Hall–Kier alpha value is -1.47. The average molecular weight is 257 g/mol. The molecular weight excluding hydrogens is 238 g/mol. The highest BCUT2D eigenvalue weighted by molar-refractivity contribution is 6.39. The van der Waals surface area contributed by atoms with Crippen LogP contribution in [0.15, 0.2) is 5.10 Å². The van der Waals surface area contributed by atoms with Gasteiger partial charge in [0.05, 0.1) is 12.7 Å². The van der Waals surface area contributed by atoms with Crippen molar-refractivity contribution in [3.8, 4) is 0 Å². The molecule has 0 saturated carbocycles. The van der Waals surface area contributed by atoms with Gasteiger partial charge in [-0.15, -0.1) is 0 Å². The fourth-order valence-corrected chi connectivity index (χ4v) is 1.69. The molecule has 1 heterocycles. The second kappa shape index (κ2) is 6.46. The zero-order chi connectivity index (χ0) is 13.7. The molecule has 1 N–H and O–H groups in total. The molecule has 7 heteroatoms. The van der Waals surface area contributed by atoms with Crippen molar-refractivity contribution in [1.29, 1.82) is 0 Å². The predicted molar refractivity (Wildman–Crippen MR) is 65.0 cm³/mol. The highest BCUT2D eigenvalue weighted by Gasteiger charge is 2.25. The van der Waals surface area contributed by atoms with Crippen LogP contribution in [0, 0.1) is 0 Å². The van der Waals surface area contributed by atoms with Crippen LogP contribution in [0.5, 0.6) is 0 Å². The Balaban J connectivity index is 2.59. The molecule has 1 aliphatic heterocycles. The fraction of sp³-hybridized carbons (Fsp3) is 0.727. The van der Waals surface area contributed by atoms with Gasteiger partial charge in [-0.05, 0) is 0 Å². The first-order valence-electron chi connectivity index (χ1n) is 5.72. The molecule has 1 unspecified atom stereocenters. The van der Waals surface area contributed by atoms with Gasteiger partial charge in [0, 0.05) is 40.6 Å². The lowest BCUT2D eigenvalue weighted by molar-refractivity contribution is -0.130. The van der Waals surface area contributed by atoms with Crippen molar-refractivity contribution in [2.75, 3.05) is 34.4 Å². The van der Waals surface area contributed by atoms with Crippen molar-refractivity contribution in [3.05, 3.63) is 0 Å². The number of aliphatic hydroxyl groups excluding tert-OH is 1. The molecule has 0 radical (unpaired) electrons. The topological polar surface area (TPSA) is 82.4 Å². The molecule has 0 saturated heterocycles. The summed E-state index contributed by atoms with van der Waals surface area (Å²) in [5.41, 5.74) is 0.337. The largest absolute Gasteiger partial charge is 0.389 e. The molecule has 1 atom stereocenters. The maximum Gasteiger partial charge on any atom is 0.269 e. The SMILES string of the molecule is COCC(O)CN(C)C(=O)C1=NN(C)C(=O)CC1. The summed E-state index contributed by atoms with van der Waals surface area (Å²) in [5, 5.41) is 14.6. The van der Waals surface area contributed by atoms with Gasteiger partial charge in [-0.25, -0.2) is 5.01 Å². The molecule has 0 aromatic rings. The summed E-state index contributed by atoms with van der Waals surface area (Å²) in [6, 6.07) is 0. The molecule has 0 fully saturated rings. The molecule has 102 valence electrons. The highest BCUT2D eigenvalue weighted by atomic mass is 16.5. The summed E-state index contributed by atoms with van der Waals surface area (Å²) in [6.45, 7) is 0.339. The monoisotopic (exact) mass is 257 g/mol. The molecule has 2 amide bonds.